The van der Waals surface area contributed by atoms with Crippen molar-refractivity contribution in [3.8, 4) is 11.5 Å². The van der Waals surface area contributed by atoms with Crippen LogP contribution in [0.5, 0.6) is 11.5 Å². The van der Waals surface area contributed by atoms with Crippen molar-refractivity contribution in [1.82, 2.24) is 14.5 Å². The molecule has 4 rings (SSSR count). The van der Waals surface area contributed by atoms with Crippen LogP contribution in [0.2, 0.25) is 0 Å². The highest BCUT2D eigenvalue weighted by Gasteiger charge is 2.37. The Balaban J connectivity index is 0.00000216. The van der Waals surface area contributed by atoms with Gasteiger partial charge in [-0.15, -0.1) is 13.2 Å². The third-order valence-corrected chi connectivity index (χ3v) is 5.22. The van der Waals surface area contributed by atoms with Crippen LogP contribution in [0.25, 0.3) is 10.9 Å². The standard InChI is InChI=1S/C24H16F6N4O4.C2H6/c1-37-18-10-9-16(32-20(18)23(25,26)27)21(35)33-15-7-4-6-14-19(15)22(36)34(12-31-14)11-13-5-2-3-8-17(13)38-24(28,29)30;1-2/h2-10,12H,11H2,1H3,(H,33,35);1-2H3. The fourth-order valence-corrected chi connectivity index (χ4v) is 3.59. The van der Waals surface area contributed by atoms with E-state index in [1.54, 1.807) is 0 Å². The van der Waals surface area contributed by atoms with Crippen LogP contribution in [0, 0.1) is 0 Å². The molecule has 2 aromatic carbocycles. The van der Waals surface area contributed by atoms with Crippen LogP contribution in [0.1, 0.15) is 35.6 Å². The minimum absolute atomic E-state index is 0.0247. The van der Waals surface area contributed by atoms with Crippen molar-refractivity contribution in [1.29, 1.82) is 0 Å². The molecule has 8 nitrogen and oxygen atoms in total. The second-order valence-electron chi connectivity index (χ2n) is 7.73. The Bertz CT molecular complexity index is 1570. The number of amides is 1. The first-order valence-electron chi connectivity index (χ1n) is 11.6. The Morgan fingerprint density at radius 2 is 1.65 bits per heavy atom. The molecule has 0 atom stereocenters. The van der Waals surface area contributed by atoms with Gasteiger partial charge in [0, 0.05) is 5.56 Å². The van der Waals surface area contributed by atoms with Crippen molar-refractivity contribution >= 4 is 22.5 Å². The number of carbonyl (C=O) groups is 1. The summed E-state index contributed by atoms with van der Waals surface area (Å²) < 4.78 is 87.9. The van der Waals surface area contributed by atoms with Gasteiger partial charge in [0.15, 0.2) is 5.69 Å². The van der Waals surface area contributed by atoms with Gasteiger partial charge in [-0.2, -0.15) is 13.2 Å². The van der Waals surface area contributed by atoms with Gasteiger partial charge in [0.2, 0.25) is 0 Å². The van der Waals surface area contributed by atoms with Gasteiger partial charge in [0.05, 0.1) is 36.6 Å². The van der Waals surface area contributed by atoms with Crippen LogP contribution in [0.4, 0.5) is 32.0 Å². The Hall–Kier alpha value is -4.62. The number of rotatable bonds is 6. The average Bonchev–Trinajstić information content (AvgIpc) is 2.90. The summed E-state index contributed by atoms with van der Waals surface area (Å²) in [6.45, 7) is 3.64. The number of aromatic nitrogens is 3. The smallest absolute Gasteiger partial charge is 0.494 e. The first kappa shape index (κ1) is 29.9. The summed E-state index contributed by atoms with van der Waals surface area (Å²) in [5, 5.41) is 2.23. The number of ether oxygens (including phenoxy) is 2. The summed E-state index contributed by atoms with van der Waals surface area (Å²) in [4.78, 5) is 33.5. The molecule has 0 spiro atoms. The predicted molar refractivity (Wildman–Crippen MR) is 133 cm³/mol. The van der Waals surface area contributed by atoms with E-state index in [1.165, 1.54) is 36.4 Å². The monoisotopic (exact) mass is 568 g/mol. The molecule has 40 heavy (non-hydrogen) atoms. The average molecular weight is 568 g/mol. The van der Waals surface area contributed by atoms with E-state index in [4.69, 9.17) is 0 Å². The number of fused-ring (bicyclic) bond motifs is 1. The number of benzene rings is 2. The molecule has 212 valence electrons. The molecule has 14 heteroatoms. The van der Waals surface area contributed by atoms with Crippen molar-refractivity contribution in [3.05, 3.63) is 88.2 Å². The van der Waals surface area contributed by atoms with Crippen molar-refractivity contribution in [3.63, 3.8) is 0 Å². The molecule has 2 heterocycles. The number of nitrogens with one attached hydrogen (secondary N) is 1. The van der Waals surface area contributed by atoms with E-state index in [-0.39, 0.29) is 28.7 Å². The van der Waals surface area contributed by atoms with Gasteiger partial charge in [-0.1, -0.05) is 38.1 Å². The van der Waals surface area contributed by atoms with E-state index in [9.17, 15) is 35.9 Å². The number of hydrogen-bond acceptors (Lipinski definition) is 6. The van der Waals surface area contributed by atoms with E-state index in [0.717, 1.165) is 36.2 Å². The zero-order valence-electron chi connectivity index (χ0n) is 21.2. The summed E-state index contributed by atoms with van der Waals surface area (Å²) in [5.41, 5.74) is -2.68. The zero-order valence-corrected chi connectivity index (χ0v) is 21.2. The number of para-hydroxylation sites is 1. The summed E-state index contributed by atoms with van der Waals surface area (Å²) in [6, 6.07) is 11.4. The highest BCUT2D eigenvalue weighted by molar-refractivity contribution is 6.07. The van der Waals surface area contributed by atoms with E-state index in [2.05, 4.69) is 24.8 Å². The fraction of sp³-hybridized carbons (Fsp3) is 0.231. The molecule has 4 aromatic rings. The summed E-state index contributed by atoms with van der Waals surface area (Å²) in [6.07, 6.45) is -8.74. The number of nitrogens with zero attached hydrogens (tertiary/aromatic N) is 3. The van der Waals surface area contributed by atoms with Crippen molar-refractivity contribution in [2.24, 2.45) is 0 Å². The molecule has 0 radical (unpaired) electrons. The first-order valence-corrected chi connectivity index (χ1v) is 11.6. The minimum Gasteiger partial charge on any atom is -0.494 e. The van der Waals surface area contributed by atoms with Crippen LogP contribution in [-0.4, -0.2) is 33.9 Å². The molecule has 1 amide bonds. The molecule has 2 aromatic heterocycles. The SMILES string of the molecule is CC.COc1ccc(C(=O)Nc2cccc3ncn(Cc4ccccc4OC(F)(F)F)c(=O)c23)nc1C(F)(F)F. The topological polar surface area (TPSA) is 95.3 Å². The first-order chi connectivity index (χ1) is 18.9. The maximum atomic E-state index is 13.3. The summed E-state index contributed by atoms with van der Waals surface area (Å²) in [5.74, 6) is -2.15. The highest BCUT2D eigenvalue weighted by atomic mass is 19.4. The minimum atomic E-state index is -4.96. The highest BCUT2D eigenvalue weighted by Crippen LogP contribution is 2.34. The molecule has 0 bridgehead atoms. The lowest BCUT2D eigenvalue weighted by molar-refractivity contribution is -0.274. The molecule has 0 aliphatic rings. The number of hydrogen-bond donors (Lipinski definition) is 1. The van der Waals surface area contributed by atoms with Crippen molar-refractivity contribution in [2.45, 2.75) is 32.9 Å². The number of halogens is 6. The Morgan fingerprint density at radius 3 is 2.30 bits per heavy atom. The van der Waals surface area contributed by atoms with Crippen molar-refractivity contribution in [2.75, 3.05) is 12.4 Å². The summed E-state index contributed by atoms with van der Waals surface area (Å²) >= 11 is 0. The molecule has 0 saturated carbocycles. The normalized spacial score (nSPS) is 11.4. The van der Waals surface area contributed by atoms with E-state index < -0.39 is 46.9 Å². The number of methoxy groups -OCH3 is 1. The second-order valence-corrected chi connectivity index (χ2v) is 7.73. The van der Waals surface area contributed by atoms with Crippen LogP contribution >= 0.6 is 0 Å². The van der Waals surface area contributed by atoms with E-state index in [1.807, 2.05) is 13.8 Å². The second kappa shape index (κ2) is 12.1. The third-order valence-electron chi connectivity index (χ3n) is 5.22. The third kappa shape index (κ3) is 6.87. The van der Waals surface area contributed by atoms with Gasteiger partial charge in [-0.05, 0) is 30.3 Å². The molecule has 0 saturated heterocycles. The van der Waals surface area contributed by atoms with Crippen LogP contribution in [0.15, 0.2) is 65.7 Å². The lowest BCUT2D eigenvalue weighted by Gasteiger charge is -2.15. The maximum absolute atomic E-state index is 13.3. The number of carbonyl (C=O) groups excluding carboxylic acids is 1. The van der Waals surface area contributed by atoms with Gasteiger partial charge in [-0.25, -0.2) is 9.97 Å². The number of alkyl halides is 6. The molecular formula is C26H22F6N4O4. The van der Waals surface area contributed by atoms with Crippen molar-refractivity contribution < 1.29 is 40.6 Å². The number of anilines is 1. The molecule has 1 N–H and O–H groups in total. The predicted octanol–water partition coefficient (Wildman–Crippen LogP) is 6.04. The molecule has 0 unspecified atom stereocenters. The zero-order chi connectivity index (χ0) is 29.7. The molecule has 0 aliphatic carbocycles. The largest absolute Gasteiger partial charge is 0.573 e. The quantitative estimate of drug-likeness (QED) is 0.285. The van der Waals surface area contributed by atoms with Gasteiger partial charge < -0.3 is 14.8 Å². The van der Waals surface area contributed by atoms with Gasteiger partial charge >= 0.3 is 12.5 Å². The lowest BCUT2D eigenvalue weighted by atomic mass is 10.1. The molecule has 0 fully saturated rings. The van der Waals surface area contributed by atoms with Crippen LogP contribution in [-0.2, 0) is 12.7 Å². The Morgan fingerprint density at radius 1 is 0.950 bits per heavy atom. The maximum Gasteiger partial charge on any atom is 0.573 e. The van der Waals surface area contributed by atoms with E-state index >= 15 is 0 Å². The summed E-state index contributed by atoms with van der Waals surface area (Å²) in [7, 11) is 1.02. The van der Waals surface area contributed by atoms with E-state index in [0.29, 0.717) is 0 Å². The van der Waals surface area contributed by atoms with Gasteiger partial charge in [0.25, 0.3) is 11.5 Å². The Kier molecular flexibility index (Phi) is 9.02. The number of pyridine rings is 1. The van der Waals surface area contributed by atoms with Crippen LogP contribution in [0.3, 0.4) is 0 Å². The molecular weight excluding hydrogens is 546 g/mol. The molecule has 0 aliphatic heterocycles. The van der Waals surface area contributed by atoms with Gasteiger partial charge in [-0.3, -0.25) is 14.2 Å². The Labute approximate surface area is 223 Å². The van der Waals surface area contributed by atoms with Crippen LogP contribution < -0.4 is 20.3 Å². The lowest BCUT2D eigenvalue weighted by Crippen LogP contribution is -2.24. The van der Waals surface area contributed by atoms with Gasteiger partial charge in [0.1, 0.15) is 17.2 Å². The fourth-order valence-electron chi connectivity index (χ4n) is 3.59.